The first-order chi connectivity index (χ1) is 10.7. The van der Waals surface area contributed by atoms with Crippen molar-refractivity contribution < 1.29 is 14.6 Å². The van der Waals surface area contributed by atoms with Crippen LogP contribution in [0.2, 0.25) is 0 Å². The van der Waals surface area contributed by atoms with E-state index in [2.05, 4.69) is 17.4 Å². The zero-order chi connectivity index (χ0) is 15.1. The summed E-state index contributed by atoms with van der Waals surface area (Å²) in [6.07, 6.45) is 3.14. The molecular formula is C18H17NO3. The van der Waals surface area contributed by atoms with Gasteiger partial charge in [-0.2, -0.15) is 0 Å². The Morgan fingerprint density at radius 1 is 1.18 bits per heavy atom. The fourth-order valence-electron chi connectivity index (χ4n) is 3.69. The molecule has 1 fully saturated rings. The lowest BCUT2D eigenvalue weighted by Crippen LogP contribution is -2.48. The van der Waals surface area contributed by atoms with E-state index in [1.807, 2.05) is 24.3 Å². The van der Waals surface area contributed by atoms with Crippen molar-refractivity contribution in [2.24, 2.45) is 0 Å². The van der Waals surface area contributed by atoms with Crippen LogP contribution in [-0.4, -0.2) is 17.3 Å². The average Bonchev–Trinajstić information content (AvgIpc) is 2.54. The van der Waals surface area contributed by atoms with E-state index >= 15 is 0 Å². The minimum atomic E-state index is -1.28. The van der Waals surface area contributed by atoms with Crippen molar-refractivity contribution in [3.63, 3.8) is 0 Å². The van der Waals surface area contributed by atoms with Gasteiger partial charge in [0.05, 0.1) is 6.04 Å². The predicted octanol–water partition coefficient (Wildman–Crippen LogP) is 2.30. The summed E-state index contributed by atoms with van der Waals surface area (Å²) in [6.45, 7) is 0. The van der Waals surface area contributed by atoms with Crippen LogP contribution in [0.5, 0.6) is 0 Å². The van der Waals surface area contributed by atoms with Crippen LogP contribution in [0.25, 0.3) is 22.2 Å². The maximum absolute atomic E-state index is 11.0. The third-order valence-corrected chi connectivity index (χ3v) is 4.60. The van der Waals surface area contributed by atoms with Gasteiger partial charge in [-0.1, -0.05) is 36.8 Å². The summed E-state index contributed by atoms with van der Waals surface area (Å²) in [7, 11) is 0. The van der Waals surface area contributed by atoms with E-state index in [1.165, 1.54) is 22.8 Å². The molecular weight excluding hydrogens is 278 g/mol. The number of hydrogen-bond acceptors (Lipinski definition) is 3. The predicted molar refractivity (Wildman–Crippen MR) is 84.5 cm³/mol. The minimum absolute atomic E-state index is 0.182. The number of nitrogens with one attached hydrogen (secondary N) is 1. The van der Waals surface area contributed by atoms with E-state index in [4.69, 9.17) is 9.84 Å². The highest BCUT2D eigenvalue weighted by Gasteiger charge is 2.26. The summed E-state index contributed by atoms with van der Waals surface area (Å²) in [4.78, 5) is 11.0. The number of hydrogen-bond donors (Lipinski definition) is 2. The molecule has 1 heterocycles. The SMILES string of the molecule is O=C(O)OC1=c2ccc3ccccc3c2=C2CCCCC2N1. The van der Waals surface area contributed by atoms with Crippen LogP contribution in [0, 0.1) is 0 Å². The van der Waals surface area contributed by atoms with Crippen molar-refractivity contribution in [3.05, 3.63) is 46.8 Å². The standard InChI is InChI=1S/C18H17NO3/c20-18(21)22-17-14-10-9-11-5-1-2-6-12(11)16(14)13-7-3-4-8-15(13)19-17/h1-2,5-6,9-10,15,19H,3-4,7-8H2,(H,20,21). The topological polar surface area (TPSA) is 58.6 Å². The molecule has 2 N–H and O–H groups in total. The van der Waals surface area contributed by atoms with Gasteiger partial charge in [-0.25, -0.2) is 4.79 Å². The molecule has 1 aliphatic carbocycles. The zero-order valence-electron chi connectivity index (χ0n) is 12.1. The number of carbonyl (C=O) groups is 1. The van der Waals surface area contributed by atoms with Gasteiger partial charge in [0.15, 0.2) is 0 Å². The Balaban J connectivity index is 2.13. The molecule has 0 spiro atoms. The van der Waals surface area contributed by atoms with Crippen molar-refractivity contribution >= 4 is 28.4 Å². The molecule has 112 valence electrons. The van der Waals surface area contributed by atoms with E-state index in [9.17, 15) is 4.79 Å². The number of rotatable bonds is 1. The second-order valence-electron chi connectivity index (χ2n) is 5.87. The highest BCUT2D eigenvalue weighted by Crippen LogP contribution is 2.26. The normalized spacial score (nSPS) is 20.1. The largest absolute Gasteiger partial charge is 0.512 e. The number of carboxylic acid groups (broad SMARTS) is 1. The minimum Gasteiger partial charge on any atom is -0.449 e. The van der Waals surface area contributed by atoms with Crippen LogP contribution in [0.4, 0.5) is 4.79 Å². The summed E-state index contributed by atoms with van der Waals surface area (Å²) in [5, 5.41) is 16.7. The molecule has 0 aromatic heterocycles. The van der Waals surface area contributed by atoms with Crippen molar-refractivity contribution in [2.75, 3.05) is 0 Å². The van der Waals surface area contributed by atoms with Crippen LogP contribution < -0.4 is 15.8 Å². The molecule has 4 heteroatoms. The Hall–Kier alpha value is -2.49. The summed E-state index contributed by atoms with van der Waals surface area (Å²) >= 11 is 0. The number of benzene rings is 2. The van der Waals surface area contributed by atoms with E-state index in [0.717, 1.165) is 29.7 Å². The number of fused-ring (bicyclic) bond motifs is 4. The highest BCUT2D eigenvalue weighted by molar-refractivity contribution is 5.86. The molecule has 2 aliphatic rings. The second-order valence-corrected chi connectivity index (χ2v) is 5.87. The molecule has 0 saturated heterocycles. The molecule has 0 radical (unpaired) electrons. The summed E-state index contributed by atoms with van der Waals surface area (Å²) < 4.78 is 5.02. The lowest BCUT2D eigenvalue weighted by Gasteiger charge is -2.31. The molecule has 4 nitrogen and oxygen atoms in total. The highest BCUT2D eigenvalue weighted by atomic mass is 16.7. The second kappa shape index (κ2) is 5.05. The lowest BCUT2D eigenvalue weighted by molar-refractivity contribution is 0.129. The maximum atomic E-state index is 11.0. The van der Waals surface area contributed by atoms with Crippen LogP contribution in [0.3, 0.4) is 0 Å². The van der Waals surface area contributed by atoms with Crippen molar-refractivity contribution in [1.82, 2.24) is 5.32 Å². The van der Waals surface area contributed by atoms with E-state index in [0.29, 0.717) is 5.88 Å². The summed E-state index contributed by atoms with van der Waals surface area (Å²) in [5.74, 6) is 0.365. The monoisotopic (exact) mass is 295 g/mol. The maximum Gasteiger partial charge on any atom is 0.512 e. The number of ether oxygens (including phenoxy) is 1. The van der Waals surface area contributed by atoms with Gasteiger partial charge in [0.2, 0.25) is 5.88 Å². The van der Waals surface area contributed by atoms with Gasteiger partial charge in [0.25, 0.3) is 0 Å². The fourth-order valence-corrected chi connectivity index (χ4v) is 3.69. The molecule has 1 unspecified atom stereocenters. The van der Waals surface area contributed by atoms with Gasteiger partial charge >= 0.3 is 6.16 Å². The van der Waals surface area contributed by atoms with Crippen LogP contribution in [-0.2, 0) is 4.74 Å². The first kappa shape index (κ1) is 13.2. The van der Waals surface area contributed by atoms with Gasteiger partial charge in [-0.05, 0) is 46.9 Å². The van der Waals surface area contributed by atoms with Gasteiger partial charge in [-0.15, -0.1) is 0 Å². The molecule has 22 heavy (non-hydrogen) atoms. The molecule has 1 aliphatic heterocycles. The fraction of sp³-hybridized carbons (Fsp3) is 0.278. The van der Waals surface area contributed by atoms with Crippen molar-refractivity contribution in [3.8, 4) is 0 Å². The molecule has 2 aromatic rings. The third kappa shape index (κ3) is 2.03. The molecule has 1 saturated carbocycles. The van der Waals surface area contributed by atoms with Crippen LogP contribution >= 0.6 is 0 Å². The lowest BCUT2D eigenvalue weighted by atomic mass is 9.85. The van der Waals surface area contributed by atoms with Crippen LogP contribution in [0.15, 0.2) is 36.4 Å². The first-order valence-electron chi connectivity index (χ1n) is 7.66. The first-order valence-corrected chi connectivity index (χ1v) is 7.66. The Kier molecular flexibility index (Phi) is 3.03. The molecule has 0 bridgehead atoms. The van der Waals surface area contributed by atoms with Gasteiger partial charge in [0.1, 0.15) is 0 Å². The van der Waals surface area contributed by atoms with Crippen molar-refractivity contribution in [2.45, 2.75) is 31.7 Å². The van der Waals surface area contributed by atoms with E-state index in [-0.39, 0.29) is 6.04 Å². The summed E-state index contributed by atoms with van der Waals surface area (Å²) in [5.41, 5.74) is 1.38. The quantitative estimate of drug-likeness (QED) is 0.793. The van der Waals surface area contributed by atoms with Crippen molar-refractivity contribution in [1.29, 1.82) is 0 Å². The van der Waals surface area contributed by atoms with E-state index in [1.54, 1.807) is 0 Å². The molecule has 2 aromatic carbocycles. The molecule has 1 atom stereocenters. The molecule has 0 amide bonds. The Bertz CT molecular complexity index is 885. The summed E-state index contributed by atoms with van der Waals surface area (Å²) in [6, 6.07) is 12.4. The average molecular weight is 295 g/mol. The van der Waals surface area contributed by atoms with Crippen LogP contribution in [0.1, 0.15) is 25.7 Å². The third-order valence-electron chi connectivity index (χ3n) is 4.60. The Morgan fingerprint density at radius 2 is 2.05 bits per heavy atom. The Labute approximate surface area is 127 Å². The Morgan fingerprint density at radius 3 is 2.91 bits per heavy atom. The van der Waals surface area contributed by atoms with E-state index < -0.39 is 6.16 Å². The van der Waals surface area contributed by atoms with Gasteiger partial charge in [-0.3, -0.25) is 0 Å². The molecule has 4 rings (SSSR count). The van der Waals surface area contributed by atoms with Gasteiger partial charge in [0, 0.05) is 5.22 Å². The zero-order valence-corrected chi connectivity index (χ0v) is 12.1. The van der Waals surface area contributed by atoms with Gasteiger partial charge < -0.3 is 15.2 Å². The smallest absolute Gasteiger partial charge is 0.449 e.